The summed E-state index contributed by atoms with van der Waals surface area (Å²) in [7, 11) is 0. The molecule has 2 saturated carbocycles. The first-order valence-electron chi connectivity index (χ1n) is 11.7. The number of hydrogen-bond acceptors (Lipinski definition) is 3. The molecule has 2 aliphatic carbocycles. The van der Waals surface area contributed by atoms with E-state index >= 15 is 0 Å². The normalized spacial score (nSPS) is 23.5. The molecule has 2 aromatic rings. The zero-order chi connectivity index (χ0) is 23.1. The number of halogens is 1. The second-order valence-electron chi connectivity index (χ2n) is 9.28. The van der Waals surface area contributed by atoms with Gasteiger partial charge in [-0.3, -0.25) is 14.4 Å². The van der Waals surface area contributed by atoms with Crippen LogP contribution < -0.4 is 4.90 Å². The Bertz CT molecular complexity index is 1100. The van der Waals surface area contributed by atoms with Gasteiger partial charge in [0.1, 0.15) is 5.82 Å². The standard InChI is InChI=1S/C26H27FN2O4/c27-17-6-3-5-16(15-17)26(33)29-21-9-2-1-7-19(21)25(20-8-4-10-22(20)29)28(18-11-12-18)23(30)13-14-24(31)32/h1-3,5-7,9,15,18,20,22,25H,4,8,10-14H2,(H,31,32)/t20-,22+,25-/m0/s1. The van der Waals surface area contributed by atoms with E-state index in [0.717, 1.165) is 43.4 Å². The molecule has 2 fully saturated rings. The number of carbonyl (C=O) groups excluding carboxylic acids is 2. The fourth-order valence-corrected chi connectivity index (χ4v) is 5.68. The number of anilines is 1. The first-order valence-corrected chi connectivity index (χ1v) is 11.7. The lowest BCUT2D eigenvalue weighted by Crippen LogP contribution is -2.53. The third kappa shape index (κ3) is 4.01. The highest BCUT2D eigenvalue weighted by Crippen LogP contribution is 2.52. The minimum atomic E-state index is -0.978. The molecule has 33 heavy (non-hydrogen) atoms. The maximum atomic E-state index is 13.9. The second kappa shape index (κ2) is 8.61. The molecule has 1 N–H and O–H groups in total. The summed E-state index contributed by atoms with van der Waals surface area (Å²) in [6.45, 7) is 0. The van der Waals surface area contributed by atoms with E-state index in [0.29, 0.717) is 5.56 Å². The Morgan fingerprint density at radius 2 is 1.79 bits per heavy atom. The van der Waals surface area contributed by atoms with Crippen LogP contribution in [0.3, 0.4) is 0 Å². The van der Waals surface area contributed by atoms with Crippen molar-refractivity contribution in [3.05, 3.63) is 65.5 Å². The maximum Gasteiger partial charge on any atom is 0.303 e. The van der Waals surface area contributed by atoms with Crippen LogP contribution in [0.4, 0.5) is 10.1 Å². The van der Waals surface area contributed by atoms with Gasteiger partial charge in [0, 0.05) is 35.7 Å². The predicted octanol–water partition coefficient (Wildman–Crippen LogP) is 4.55. The van der Waals surface area contributed by atoms with Crippen LogP contribution in [0.5, 0.6) is 0 Å². The molecule has 0 radical (unpaired) electrons. The van der Waals surface area contributed by atoms with Crippen molar-refractivity contribution in [2.24, 2.45) is 5.92 Å². The topological polar surface area (TPSA) is 77.9 Å². The van der Waals surface area contributed by atoms with E-state index in [1.54, 1.807) is 12.1 Å². The van der Waals surface area contributed by atoms with E-state index < -0.39 is 11.8 Å². The first-order chi connectivity index (χ1) is 16.0. The molecule has 0 aromatic heterocycles. The Balaban J connectivity index is 1.56. The van der Waals surface area contributed by atoms with Gasteiger partial charge in [-0.2, -0.15) is 0 Å². The van der Waals surface area contributed by atoms with Crippen molar-refractivity contribution in [2.45, 2.75) is 63.1 Å². The maximum absolute atomic E-state index is 13.9. The lowest BCUT2D eigenvalue weighted by atomic mass is 9.81. The second-order valence-corrected chi connectivity index (χ2v) is 9.28. The minimum absolute atomic E-state index is 0.0200. The summed E-state index contributed by atoms with van der Waals surface area (Å²) in [6.07, 6.45) is 4.27. The van der Waals surface area contributed by atoms with Crippen LogP contribution >= 0.6 is 0 Å². The van der Waals surface area contributed by atoms with Crippen molar-refractivity contribution in [3.8, 4) is 0 Å². The monoisotopic (exact) mass is 450 g/mol. The minimum Gasteiger partial charge on any atom is -0.481 e. The molecule has 5 rings (SSSR count). The third-order valence-electron chi connectivity index (χ3n) is 7.15. The lowest BCUT2D eigenvalue weighted by molar-refractivity contribution is -0.142. The van der Waals surface area contributed by atoms with E-state index in [-0.39, 0.29) is 48.7 Å². The number of carboxylic acid groups (broad SMARTS) is 1. The highest BCUT2D eigenvalue weighted by Gasteiger charge is 2.51. The molecule has 0 saturated heterocycles. The highest BCUT2D eigenvalue weighted by atomic mass is 19.1. The molecule has 0 spiro atoms. The molecule has 2 aromatic carbocycles. The number of benzene rings is 2. The first kappa shape index (κ1) is 21.6. The van der Waals surface area contributed by atoms with Crippen LogP contribution in [0, 0.1) is 11.7 Å². The van der Waals surface area contributed by atoms with E-state index in [4.69, 9.17) is 5.11 Å². The Kier molecular flexibility index (Phi) is 5.64. The summed E-state index contributed by atoms with van der Waals surface area (Å²) in [6, 6.07) is 13.3. The van der Waals surface area contributed by atoms with E-state index in [1.165, 1.54) is 12.1 Å². The Hall–Kier alpha value is -3.22. The highest BCUT2D eigenvalue weighted by molar-refractivity contribution is 6.07. The van der Waals surface area contributed by atoms with Gasteiger partial charge in [0.2, 0.25) is 5.91 Å². The fraction of sp³-hybridized carbons (Fsp3) is 0.423. The zero-order valence-electron chi connectivity index (χ0n) is 18.3. The summed E-state index contributed by atoms with van der Waals surface area (Å²) < 4.78 is 13.9. The molecular weight excluding hydrogens is 423 g/mol. The number of aliphatic carboxylic acids is 1. The van der Waals surface area contributed by atoms with Gasteiger partial charge in [0.05, 0.1) is 12.5 Å². The van der Waals surface area contributed by atoms with Gasteiger partial charge in [-0.25, -0.2) is 4.39 Å². The molecule has 6 nitrogen and oxygen atoms in total. The zero-order valence-corrected chi connectivity index (χ0v) is 18.3. The molecule has 0 bridgehead atoms. The van der Waals surface area contributed by atoms with Gasteiger partial charge in [0.15, 0.2) is 0 Å². The number of para-hydroxylation sites is 1. The summed E-state index contributed by atoms with van der Waals surface area (Å²) in [5.74, 6) is -1.72. The van der Waals surface area contributed by atoms with Crippen molar-refractivity contribution >= 4 is 23.5 Å². The molecule has 7 heteroatoms. The summed E-state index contributed by atoms with van der Waals surface area (Å²) in [4.78, 5) is 41.7. The van der Waals surface area contributed by atoms with Crippen molar-refractivity contribution in [2.75, 3.05) is 4.90 Å². The summed E-state index contributed by atoms with van der Waals surface area (Å²) in [5, 5.41) is 9.10. The van der Waals surface area contributed by atoms with Crippen LogP contribution in [-0.2, 0) is 9.59 Å². The van der Waals surface area contributed by atoms with Gasteiger partial charge in [-0.05, 0) is 55.5 Å². The molecular formula is C26H27FN2O4. The van der Waals surface area contributed by atoms with Gasteiger partial charge in [0.25, 0.3) is 5.91 Å². The average Bonchev–Trinajstić information content (AvgIpc) is 3.52. The van der Waals surface area contributed by atoms with E-state index in [9.17, 15) is 18.8 Å². The molecule has 3 atom stereocenters. The number of rotatable bonds is 6. The van der Waals surface area contributed by atoms with Crippen LogP contribution in [0.1, 0.15) is 66.9 Å². The van der Waals surface area contributed by atoms with Crippen molar-refractivity contribution < 1.29 is 23.9 Å². The van der Waals surface area contributed by atoms with Crippen molar-refractivity contribution in [1.82, 2.24) is 4.90 Å². The largest absolute Gasteiger partial charge is 0.481 e. The summed E-state index contributed by atoms with van der Waals surface area (Å²) in [5.41, 5.74) is 1.99. The number of fused-ring (bicyclic) bond motifs is 2. The van der Waals surface area contributed by atoms with Gasteiger partial charge in [-0.15, -0.1) is 0 Å². The Morgan fingerprint density at radius 1 is 1.00 bits per heavy atom. The smallest absolute Gasteiger partial charge is 0.303 e. The Morgan fingerprint density at radius 3 is 2.52 bits per heavy atom. The van der Waals surface area contributed by atoms with E-state index in [2.05, 4.69) is 0 Å². The number of nitrogens with zero attached hydrogens (tertiary/aromatic N) is 2. The van der Waals surface area contributed by atoms with Crippen LogP contribution in [-0.4, -0.2) is 39.9 Å². The third-order valence-corrected chi connectivity index (χ3v) is 7.15. The molecule has 2 amide bonds. The lowest BCUT2D eigenvalue weighted by Gasteiger charge is -2.48. The van der Waals surface area contributed by atoms with Gasteiger partial charge >= 0.3 is 5.97 Å². The molecule has 1 heterocycles. The number of hydrogen-bond donors (Lipinski definition) is 1. The number of amides is 2. The average molecular weight is 451 g/mol. The van der Waals surface area contributed by atoms with Gasteiger partial charge in [-0.1, -0.05) is 30.7 Å². The molecule has 0 unspecified atom stereocenters. The molecule has 172 valence electrons. The van der Waals surface area contributed by atoms with E-state index in [1.807, 2.05) is 34.1 Å². The molecule has 1 aliphatic heterocycles. The number of carbonyl (C=O) groups is 3. The Labute approximate surface area is 192 Å². The molecule has 3 aliphatic rings. The quantitative estimate of drug-likeness (QED) is 0.700. The SMILES string of the molecule is O=C(O)CCC(=O)N(C1CC1)[C@H]1c2ccccc2N(C(=O)c2cccc(F)c2)[C@@H]2CCC[C@@H]21. The van der Waals surface area contributed by atoms with Crippen LogP contribution in [0.25, 0.3) is 0 Å². The predicted molar refractivity (Wildman–Crippen MR) is 120 cm³/mol. The van der Waals surface area contributed by atoms with Gasteiger partial charge < -0.3 is 14.9 Å². The fourth-order valence-electron chi connectivity index (χ4n) is 5.68. The van der Waals surface area contributed by atoms with Crippen molar-refractivity contribution in [1.29, 1.82) is 0 Å². The van der Waals surface area contributed by atoms with Crippen molar-refractivity contribution in [3.63, 3.8) is 0 Å². The van der Waals surface area contributed by atoms with Crippen LogP contribution in [0.2, 0.25) is 0 Å². The summed E-state index contributed by atoms with van der Waals surface area (Å²) >= 11 is 0. The number of carboxylic acids is 1. The van der Waals surface area contributed by atoms with Crippen LogP contribution in [0.15, 0.2) is 48.5 Å².